The number of amides is 1. The molecule has 3 N–H and O–H groups in total. The van der Waals surface area contributed by atoms with Gasteiger partial charge in [-0.3, -0.25) is 14.0 Å². The van der Waals surface area contributed by atoms with Gasteiger partial charge in [0, 0.05) is 12.4 Å². The monoisotopic (exact) mass is 533 g/mol. The van der Waals surface area contributed by atoms with Crippen molar-refractivity contribution < 1.29 is 32.3 Å². The highest BCUT2D eigenvalue weighted by Gasteiger charge is 2.24. The van der Waals surface area contributed by atoms with Gasteiger partial charge in [0.1, 0.15) is 24.4 Å². The number of rotatable bonds is 8. The number of oxazole rings is 1. The predicted molar refractivity (Wildman–Crippen MR) is 126 cm³/mol. The van der Waals surface area contributed by atoms with E-state index in [4.69, 9.17) is 18.7 Å². The van der Waals surface area contributed by atoms with E-state index >= 15 is 0 Å². The van der Waals surface area contributed by atoms with Crippen LogP contribution in [-0.2, 0) is 11.3 Å². The van der Waals surface area contributed by atoms with Crippen LogP contribution in [0.1, 0.15) is 48.6 Å². The van der Waals surface area contributed by atoms with Crippen molar-refractivity contribution in [3.8, 4) is 22.8 Å². The summed E-state index contributed by atoms with van der Waals surface area (Å²) in [5.41, 5.74) is 0.201. The molecule has 0 aliphatic heterocycles. The lowest BCUT2D eigenvalue weighted by Gasteiger charge is -2.21. The molecule has 0 saturated heterocycles. The average Bonchev–Trinajstić information content (AvgIpc) is 3.64. The summed E-state index contributed by atoms with van der Waals surface area (Å²) in [6.07, 6.45) is 10.6. The molecule has 15 heteroatoms. The van der Waals surface area contributed by atoms with Gasteiger partial charge >= 0.3 is 8.60 Å². The van der Waals surface area contributed by atoms with Gasteiger partial charge in [0.25, 0.3) is 5.91 Å². The SMILES string of the molecule is O=C(Nc1cn(C2CCCCC2)nc1-c1nc(F)ccc1F)c1coc(-c2cnn(COP(O)O)c2)n1. The molecule has 4 aromatic heterocycles. The minimum atomic E-state index is -2.53. The van der Waals surface area contributed by atoms with E-state index in [2.05, 4.69) is 25.5 Å². The molecule has 0 bridgehead atoms. The van der Waals surface area contributed by atoms with Crippen LogP contribution in [0.4, 0.5) is 14.5 Å². The molecule has 5 rings (SSSR count). The molecule has 0 unspecified atom stereocenters. The van der Waals surface area contributed by atoms with Crippen LogP contribution in [0.15, 0.2) is 41.4 Å². The van der Waals surface area contributed by atoms with Crippen LogP contribution in [0, 0.1) is 11.8 Å². The van der Waals surface area contributed by atoms with Crippen LogP contribution < -0.4 is 5.32 Å². The van der Waals surface area contributed by atoms with Crippen molar-refractivity contribution in [1.29, 1.82) is 0 Å². The first-order valence-corrected chi connectivity index (χ1v) is 12.6. The van der Waals surface area contributed by atoms with Crippen LogP contribution in [0.2, 0.25) is 0 Å². The number of hydrogen-bond donors (Lipinski definition) is 3. The molecule has 12 nitrogen and oxygen atoms in total. The van der Waals surface area contributed by atoms with E-state index in [0.29, 0.717) is 5.56 Å². The summed E-state index contributed by atoms with van der Waals surface area (Å²) in [6, 6.07) is 1.94. The highest BCUT2D eigenvalue weighted by atomic mass is 31.2. The summed E-state index contributed by atoms with van der Waals surface area (Å²) in [5, 5.41) is 11.1. The fraction of sp³-hybridized carbons (Fsp3) is 0.318. The summed E-state index contributed by atoms with van der Waals surface area (Å²) < 4.78 is 41.5. The summed E-state index contributed by atoms with van der Waals surface area (Å²) in [7, 11) is -2.53. The second kappa shape index (κ2) is 10.8. The van der Waals surface area contributed by atoms with Gasteiger partial charge in [0.15, 0.2) is 11.5 Å². The lowest BCUT2D eigenvalue weighted by Crippen LogP contribution is -2.14. The van der Waals surface area contributed by atoms with Gasteiger partial charge in [0.2, 0.25) is 11.8 Å². The van der Waals surface area contributed by atoms with Gasteiger partial charge < -0.3 is 19.5 Å². The molecule has 37 heavy (non-hydrogen) atoms. The third kappa shape index (κ3) is 5.72. The molecular weight excluding hydrogens is 511 g/mol. The van der Waals surface area contributed by atoms with Crippen LogP contribution in [0.3, 0.4) is 0 Å². The normalized spacial score (nSPS) is 14.4. The van der Waals surface area contributed by atoms with Gasteiger partial charge in [-0.15, -0.1) is 0 Å². The highest BCUT2D eigenvalue weighted by molar-refractivity contribution is 7.39. The second-order valence-corrected chi connectivity index (χ2v) is 9.16. The zero-order chi connectivity index (χ0) is 25.9. The number of hydrogen-bond acceptors (Lipinski definition) is 9. The Morgan fingerprint density at radius 1 is 1.16 bits per heavy atom. The molecule has 1 amide bonds. The van der Waals surface area contributed by atoms with E-state index in [9.17, 15) is 13.6 Å². The Hall–Kier alpha value is -3.58. The third-order valence-corrected chi connectivity index (χ3v) is 6.23. The first-order chi connectivity index (χ1) is 17.9. The Morgan fingerprint density at radius 3 is 2.76 bits per heavy atom. The lowest BCUT2D eigenvalue weighted by atomic mass is 9.96. The summed E-state index contributed by atoms with van der Waals surface area (Å²) in [5.74, 6) is -2.21. The zero-order valence-corrected chi connectivity index (χ0v) is 20.2. The van der Waals surface area contributed by atoms with Crippen LogP contribution >= 0.6 is 8.60 Å². The topological polar surface area (TPSA) is 153 Å². The van der Waals surface area contributed by atoms with Gasteiger partial charge in [-0.05, 0) is 25.0 Å². The van der Waals surface area contributed by atoms with Crippen LogP contribution in [-0.4, -0.2) is 45.2 Å². The number of anilines is 1. The second-order valence-electron chi connectivity index (χ2n) is 8.40. The Labute approximate surface area is 209 Å². The standard InChI is InChI=1S/C22H22F2N7O5P/c23-15-6-7-18(24)28-19(15)20-16(10-31(29-20)14-4-2-1-3-5-14)26-21(32)17-11-35-22(27-17)13-8-25-30(9-13)12-36-37(33)34/h6-11,14,33-34H,1-5,12H2,(H,26,32). The molecule has 0 aromatic carbocycles. The molecule has 1 aliphatic rings. The third-order valence-electron chi connectivity index (χ3n) is 5.89. The largest absolute Gasteiger partial charge is 0.444 e. The Kier molecular flexibility index (Phi) is 7.33. The Morgan fingerprint density at radius 2 is 1.97 bits per heavy atom. The minimum Gasteiger partial charge on any atom is -0.444 e. The zero-order valence-electron chi connectivity index (χ0n) is 19.3. The van der Waals surface area contributed by atoms with E-state index in [1.807, 2.05) is 0 Å². The fourth-order valence-corrected chi connectivity index (χ4v) is 4.35. The van der Waals surface area contributed by atoms with E-state index in [1.165, 1.54) is 17.1 Å². The van der Waals surface area contributed by atoms with E-state index in [1.54, 1.807) is 10.9 Å². The molecule has 0 spiro atoms. The van der Waals surface area contributed by atoms with Crippen molar-refractivity contribution in [2.24, 2.45) is 0 Å². The van der Waals surface area contributed by atoms with Crippen molar-refractivity contribution in [2.45, 2.75) is 44.9 Å². The van der Waals surface area contributed by atoms with Crippen LogP contribution in [0.25, 0.3) is 22.8 Å². The van der Waals surface area contributed by atoms with Crippen molar-refractivity contribution in [3.63, 3.8) is 0 Å². The number of halogens is 2. The Balaban J connectivity index is 1.39. The van der Waals surface area contributed by atoms with Crippen molar-refractivity contribution in [3.05, 3.63) is 54.4 Å². The maximum Gasteiger partial charge on any atom is 0.328 e. The van der Waals surface area contributed by atoms with Gasteiger partial charge in [-0.2, -0.15) is 14.6 Å². The van der Waals surface area contributed by atoms with E-state index in [0.717, 1.165) is 50.5 Å². The highest BCUT2D eigenvalue weighted by Crippen LogP contribution is 2.33. The van der Waals surface area contributed by atoms with Gasteiger partial charge in [-0.25, -0.2) is 19.0 Å². The van der Waals surface area contributed by atoms with Crippen LogP contribution in [0.5, 0.6) is 0 Å². The molecule has 194 valence electrons. The molecular formula is C22H22F2N7O5P. The van der Waals surface area contributed by atoms with Crippen molar-refractivity contribution >= 4 is 20.2 Å². The molecule has 1 fully saturated rings. The summed E-state index contributed by atoms with van der Waals surface area (Å²) in [6.45, 7) is -0.203. The van der Waals surface area contributed by atoms with E-state index in [-0.39, 0.29) is 41.4 Å². The molecule has 1 saturated carbocycles. The average molecular weight is 533 g/mol. The molecule has 1 aliphatic carbocycles. The minimum absolute atomic E-state index is 0.00801. The number of carbonyl (C=O) groups is 1. The fourth-order valence-electron chi connectivity index (χ4n) is 4.13. The summed E-state index contributed by atoms with van der Waals surface area (Å²) >= 11 is 0. The van der Waals surface area contributed by atoms with Gasteiger partial charge in [0.05, 0.1) is 23.5 Å². The van der Waals surface area contributed by atoms with Crippen molar-refractivity contribution in [1.82, 2.24) is 29.5 Å². The maximum atomic E-state index is 14.6. The molecule has 0 radical (unpaired) electrons. The molecule has 4 aromatic rings. The number of pyridine rings is 1. The number of carbonyl (C=O) groups excluding carboxylic acids is 1. The van der Waals surface area contributed by atoms with E-state index < -0.39 is 26.3 Å². The van der Waals surface area contributed by atoms with Gasteiger partial charge in [-0.1, -0.05) is 19.3 Å². The maximum absolute atomic E-state index is 14.6. The van der Waals surface area contributed by atoms with Crippen molar-refractivity contribution in [2.75, 3.05) is 5.32 Å². The molecule has 0 atom stereocenters. The number of aromatic nitrogens is 6. The summed E-state index contributed by atoms with van der Waals surface area (Å²) in [4.78, 5) is 38.5. The lowest BCUT2D eigenvalue weighted by molar-refractivity contribution is 0.102. The predicted octanol–water partition coefficient (Wildman–Crippen LogP) is 4.02. The molecule has 4 heterocycles. The number of nitrogens with zero attached hydrogens (tertiary/aromatic N) is 6. The Bertz CT molecular complexity index is 1400. The number of nitrogens with one attached hydrogen (secondary N) is 1. The first kappa shape index (κ1) is 25.1. The first-order valence-electron chi connectivity index (χ1n) is 11.4. The smallest absolute Gasteiger partial charge is 0.328 e. The quantitative estimate of drug-likeness (QED) is 0.225.